The molecule has 0 aliphatic carbocycles. The Bertz CT molecular complexity index is 968. The minimum Gasteiger partial charge on any atom is -0.379 e. The van der Waals surface area contributed by atoms with Crippen molar-refractivity contribution in [1.82, 2.24) is 14.5 Å². The van der Waals surface area contributed by atoms with Gasteiger partial charge >= 0.3 is 6.03 Å². The van der Waals surface area contributed by atoms with E-state index < -0.39 is 11.8 Å². The van der Waals surface area contributed by atoms with Crippen molar-refractivity contribution < 1.29 is 13.9 Å². The topological polar surface area (TPSA) is 71.4 Å². The number of aromatic nitrogens is 2. The number of nitrogens with one attached hydrogen (secondary N) is 2. The van der Waals surface area contributed by atoms with E-state index in [4.69, 9.17) is 4.74 Å². The van der Waals surface area contributed by atoms with Gasteiger partial charge in [-0.05, 0) is 30.3 Å². The molecule has 0 bridgehead atoms. The van der Waals surface area contributed by atoms with Crippen LogP contribution in [-0.2, 0) is 11.3 Å². The van der Waals surface area contributed by atoms with E-state index in [2.05, 4.69) is 20.5 Å². The van der Waals surface area contributed by atoms with E-state index in [0.717, 1.165) is 43.9 Å². The third kappa shape index (κ3) is 4.29. The molecule has 4 rings (SSSR count). The highest BCUT2D eigenvalue weighted by molar-refractivity contribution is 5.99. The summed E-state index contributed by atoms with van der Waals surface area (Å²) in [5.74, 6) is 0.0545. The average Bonchev–Trinajstić information content (AvgIpc) is 3.04. The lowest BCUT2D eigenvalue weighted by Crippen LogP contribution is -2.38. The minimum atomic E-state index is -0.464. The molecular weight excluding hydrogens is 361 g/mol. The first-order chi connectivity index (χ1) is 13.7. The predicted molar refractivity (Wildman–Crippen MR) is 106 cm³/mol. The first-order valence-electron chi connectivity index (χ1n) is 9.28. The van der Waals surface area contributed by atoms with E-state index in [1.54, 1.807) is 12.1 Å². The van der Waals surface area contributed by atoms with Crippen molar-refractivity contribution in [2.24, 2.45) is 0 Å². The van der Waals surface area contributed by atoms with Crippen LogP contribution in [0.2, 0.25) is 0 Å². The molecule has 146 valence electrons. The van der Waals surface area contributed by atoms with Crippen LogP contribution in [0, 0.1) is 5.82 Å². The Labute approximate surface area is 162 Å². The fraction of sp³-hybridized carbons (Fsp3) is 0.300. The summed E-state index contributed by atoms with van der Waals surface area (Å²) < 4.78 is 20.7. The summed E-state index contributed by atoms with van der Waals surface area (Å²) in [7, 11) is 0. The maximum absolute atomic E-state index is 13.3. The Kier molecular flexibility index (Phi) is 5.50. The molecule has 2 N–H and O–H groups in total. The number of fused-ring (bicyclic) bond motifs is 1. The molecule has 1 aliphatic heterocycles. The lowest BCUT2D eigenvalue weighted by atomic mass is 10.3. The van der Waals surface area contributed by atoms with Crippen LogP contribution in [-0.4, -0.2) is 53.3 Å². The molecule has 7 nitrogen and oxygen atoms in total. The van der Waals surface area contributed by atoms with Gasteiger partial charge in [0, 0.05) is 31.9 Å². The first-order valence-corrected chi connectivity index (χ1v) is 9.28. The van der Waals surface area contributed by atoms with Gasteiger partial charge in [-0.2, -0.15) is 0 Å². The molecule has 0 unspecified atom stereocenters. The largest absolute Gasteiger partial charge is 0.379 e. The van der Waals surface area contributed by atoms with Crippen LogP contribution < -0.4 is 10.6 Å². The number of hydrogen-bond acceptors (Lipinski definition) is 4. The highest BCUT2D eigenvalue weighted by Gasteiger charge is 2.16. The second kappa shape index (κ2) is 8.37. The number of anilines is 2. The van der Waals surface area contributed by atoms with Crippen molar-refractivity contribution in [1.29, 1.82) is 0 Å². The smallest absolute Gasteiger partial charge is 0.326 e. The molecule has 1 fully saturated rings. The van der Waals surface area contributed by atoms with Gasteiger partial charge in [-0.15, -0.1) is 0 Å². The number of para-hydroxylation sites is 2. The van der Waals surface area contributed by atoms with Gasteiger partial charge < -0.3 is 14.6 Å². The Balaban J connectivity index is 1.51. The van der Waals surface area contributed by atoms with E-state index in [1.165, 1.54) is 12.1 Å². The van der Waals surface area contributed by atoms with Crippen LogP contribution in [0.25, 0.3) is 11.0 Å². The molecule has 2 heterocycles. The summed E-state index contributed by atoms with van der Waals surface area (Å²) in [6.07, 6.45) is 0. The summed E-state index contributed by atoms with van der Waals surface area (Å²) in [5, 5.41) is 5.43. The Morgan fingerprint density at radius 3 is 2.71 bits per heavy atom. The molecule has 1 saturated heterocycles. The average molecular weight is 383 g/mol. The van der Waals surface area contributed by atoms with Gasteiger partial charge in [0.25, 0.3) is 0 Å². The number of rotatable bonds is 5. The number of amides is 2. The number of carbonyl (C=O) groups is 1. The second-order valence-electron chi connectivity index (χ2n) is 6.62. The molecule has 0 atom stereocenters. The summed E-state index contributed by atoms with van der Waals surface area (Å²) in [6.45, 7) is 4.81. The minimum absolute atomic E-state index is 0.383. The second-order valence-corrected chi connectivity index (χ2v) is 6.62. The summed E-state index contributed by atoms with van der Waals surface area (Å²) in [4.78, 5) is 19.3. The molecule has 1 aliphatic rings. The molecule has 28 heavy (non-hydrogen) atoms. The van der Waals surface area contributed by atoms with Gasteiger partial charge in [0.15, 0.2) is 0 Å². The Hall–Kier alpha value is -2.97. The summed E-state index contributed by atoms with van der Waals surface area (Å²) in [5.41, 5.74) is 2.15. The van der Waals surface area contributed by atoms with Crippen LogP contribution in [0.3, 0.4) is 0 Å². The molecule has 8 heteroatoms. The lowest BCUT2D eigenvalue weighted by Gasteiger charge is -2.26. The first kappa shape index (κ1) is 18.4. The van der Waals surface area contributed by atoms with Crippen molar-refractivity contribution in [3.05, 3.63) is 54.3 Å². The van der Waals surface area contributed by atoms with Gasteiger partial charge in [0.2, 0.25) is 5.95 Å². The summed E-state index contributed by atoms with van der Waals surface area (Å²) >= 11 is 0. The standard InChI is InChI=1S/C20H22FN5O2/c21-15-4-3-5-16(14-15)22-20(27)24-19-23-17-6-1-2-7-18(17)26(19)9-8-25-10-12-28-13-11-25/h1-7,14H,8-13H2,(H2,22,23,24,27). The zero-order chi connectivity index (χ0) is 19.3. The molecule has 3 aromatic rings. The highest BCUT2D eigenvalue weighted by atomic mass is 19.1. The van der Waals surface area contributed by atoms with E-state index in [9.17, 15) is 9.18 Å². The SMILES string of the molecule is O=C(Nc1cccc(F)c1)Nc1nc2ccccc2n1CCN1CCOCC1. The lowest BCUT2D eigenvalue weighted by molar-refractivity contribution is 0.0366. The fourth-order valence-corrected chi connectivity index (χ4v) is 3.29. The predicted octanol–water partition coefficient (Wildman–Crippen LogP) is 3.15. The molecular formula is C20H22FN5O2. The number of carbonyl (C=O) groups excluding carboxylic acids is 1. The van der Waals surface area contributed by atoms with E-state index in [-0.39, 0.29) is 0 Å². The molecule has 0 saturated carbocycles. The number of halogens is 1. The summed E-state index contributed by atoms with van der Waals surface area (Å²) in [6, 6.07) is 13.1. The Morgan fingerprint density at radius 1 is 1.07 bits per heavy atom. The van der Waals surface area contributed by atoms with E-state index in [0.29, 0.717) is 18.2 Å². The van der Waals surface area contributed by atoms with Crippen molar-refractivity contribution in [2.45, 2.75) is 6.54 Å². The fourth-order valence-electron chi connectivity index (χ4n) is 3.29. The molecule has 0 radical (unpaired) electrons. The monoisotopic (exact) mass is 383 g/mol. The maximum atomic E-state index is 13.3. The van der Waals surface area contributed by atoms with Gasteiger partial charge in [-0.1, -0.05) is 18.2 Å². The van der Waals surface area contributed by atoms with Crippen LogP contribution in [0.1, 0.15) is 0 Å². The van der Waals surface area contributed by atoms with E-state index in [1.807, 2.05) is 28.8 Å². The van der Waals surface area contributed by atoms with Gasteiger partial charge in [-0.3, -0.25) is 10.2 Å². The van der Waals surface area contributed by atoms with Crippen LogP contribution >= 0.6 is 0 Å². The third-order valence-corrected chi connectivity index (χ3v) is 4.71. The van der Waals surface area contributed by atoms with Crippen molar-refractivity contribution >= 4 is 28.7 Å². The molecule has 2 aromatic carbocycles. The number of imidazole rings is 1. The molecule has 1 aromatic heterocycles. The third-order valence-electron chi connectivity index (χ3n) is 4.71. The van der Waals surface area contributed by atoms with Gasteiger partial charge in [0.1, 0.15) is 5.82 Å². The zero-order valence-corrected chi connectivity index (χ0v) is 15.4. The Morgan fingerprint density at radius 2 is 1.89 bits per heavy atom. The number of ether oxygens (including phenoxy) is 1. The maximum Gasteiger partial charge on any atom is 0.326 e. The molecule has 2 amide bonds. The zero-order valence-electron chi connectivity index (χ0n) is 15.4. The molecule has 0 spiro atoms. The van der Waals surface area contributed by atoms with Crippen molar-refractivity contribution in [2.75, 3.05) is 43.5 Å². The number of morpholine rings is 1. The normalized spacial score (nSPS) is 14.9. The van der Waals surface area contributed by atoms with Crippen molar-refractivity contribution in [3.63, 3.8) is 0 Å². The van der Waals surface area contributed by atoms with Gasteiger partial charge in [-0.25, -0.2) is 14.2 Å². The van der Waals surface area contributed by atoms with Crippen LogP contribution in [0.15, 0.2) is 48.5 Å². The van der Waals surface area contributed by atoms with Crippen LogP contribution in [0.4, 0.5) is 20.8 Å². The quantitative estimate of drug-likeness (QED) is 0.710. The number of hydrogen-bond donors (Lipinski definition) is 2. The number of benzene rings is 2. The van der Waals surface area contributed by atoms with E-state index >= 15 is 0 Å². The van der Waals surface area contributed by atoms with Gasteiger partial charge in [0.05, 0.1) is 24.2 Å². The van der Waals surface area contributed by atoms with Crippen LogP contribution in [0.5, 0.6) is 0 Å². The number of nitrogens with zero attached hydrogens (tertiary/aromatic N) is 3. The number of urea groups is 1. The highest BCUT2D eigenvalue weighted by Crippen LogP contribution is 2.20. The van der Waals surface area contributed by atoms with Crippen molar-refractivity contribution in [3.8, 4) is 0 Å².